The normalized spacial score (nSPS) is 11.3. The second-order valence-electron chi connectivity index (χ2n) is 25.2. The second-order valence-corrected chi connectivity index (χ2v) is 25.2. The van der Waals surface area contributed by atoms with Gasteiger partial charge in [0.25, 0.3) is 0 Å². The average Bonchev–Trinajstić information content (AvgIpc) is 1.16. The first-order valence-electron chi connectivity index (χ1n) is 31.2. The van der Waals surface area contributed by atoms with Crippen LogP contribution in [0.4, 0.5) is 0 Å². The van der Waals surface area contributed by atoms with Crippen molar-refractivity contribution in [2.24, 2.45) is 40.0 Å². The maximum atomic E-state index is 4.83. The van der Waals surface area contributed by atoms with Crippen LogP contribution in [0, 0.1) is 53.4 Å². The molecule has 0 fully saturated rings. The highest BCUT2D eigenvalue weighted by Crippen LogP contribution is 2.29. The minimum absolute atomic E-state index is 0.413. The number of hydrogen-bond donors (Lipinski definition) is 0. The zero-order chi connectivity index (χ0) is 63.1. The molecule has 10 heteroatoms. The van der Waals surface area contributed by atoms with E-state index >= 15 is 0 Å². The van der Waals surface area contributed by atoms with Gasteiger partial charge < -0.3 is 0 Å². The van der Waals surface area contributed by atoms with Crippen molar-refractivity contribution in [2.45, 2.75) is 122 Å². The lowest BCUT2D eigenvalue weighted by atomic mass is 9.97. The summed E-state index contributed by atoms with van der Waals surface area (Å²) < 4.78 is 8.81. The Kier molecular flexibility index (Phi) is 20.0. The largest absolute Gasteiger partial charge is 0.349 e. The standard InChI is InChI=1S/C21H25N2.C20H23N2.C19H22N3.C18H20N3/c1-13(2)17-8-7-9-19-21(17)22-12-20(23(19)6)18-11-14(3)10-15(4)16(18)5;1-14(2)12-16-9-7-11-18-20(16)21-13-19(22(18)4)17-10-6-5-8-15(17)3;1-13(2)11-15-9-10-17-19(21-15)22(4)18(12-20-17)16-8-6-5-7-14(16)3;1-12(2)15-9-10-16-18(20-15)21(4)17(11-19-16)14-8-6-5-7-13(14)3/h7-13H,1-6H3;5-11,13-14H,12H2,1-4H3;5-10,12-13H,11H2,1-4H3;5-12H,1-4H3/q4*+1. The smallest absolute Gasteiger partial charge is 0.244 e. The molecule has 6 aromatic carbocycles. The molecule has 0 bridgehead atoms. The lowest BCUT2D eigenvalue weighted by molar-refractivity contribution is -0.636. The molecule has 0 aliphatic carbocycles. The first-order chi connectivity index (χ1) is 42.1. The first kappa shape index (κ1) is 63.5. The lowest BCUT2D eigenvalue weighted by Gasteiger charge is -2.12. The molecule has 0 radical (unpaired) electrons. The van der Waals surface area contributed by atoms with Crippen LogP contribution in [0.3, 0.4) is 0 Å². The van der Waals surface area contributed by atoms with Crippen LogP contribution in [-0.4, -0.2) is 29.9 Å². The van der Waals surface area contributed by atoms with E-state index in [1.54, 1.807) is 0 Å². The van der Waals surface area contributed by atoms with Crippen LogP contribution in [0.15, 0.2) is 170 Å². The third kappa shape index (κ3) is 14.0. The minimum atomic E-state index is 0.413. The Balaban J connectivity index is 0.000000140. The Morgan fingerprint density at radius 2 is 0.830 bits per heavy atom. The SMILES string of the molecule is Cc1cc(C)c(C)c(-c2cnc3c(C(C)C)cccc3[n+]2C)c1.Cc1ccccc1-c1cnc2c(CC(C)C)cccc2[n+]1C.Cc1ccccc1-c1cnc2ccc(C(C)C)nc2[n+]1C.Cc1ccccc1-c1cnc2ccc(CC(C)C)nc2[n+]1C. The van der Waals surface area contributed by atoms with Gasteiger partial charge >= 0.3 is 11.3 Å². The molecule has 10 nitrogen and oxygen atoms in total. The number of hydrogen-bond acceptors (Lipinski definition) is 6. The molecule has 6 aromatic heterocycles. The molecule has 0 N–H and O–H groups in total. The van der Waals surface area contributed by atoms with Gasteiger partial charge in [0.05, 0.1) is 37.6 Å². The molecule has 0 spiro atoms. The van der Waals surface area contributed by atoms with Crippen LogP contribution in [0.2, 0.25) is 0 Å². The molecule has 0 saturated carbocycles. The molecule has 88 heavy (non-hydrogen) atoms. The zero-order valence-electron chi connectivity index (χ0n) is 55.4. The molecular weight excluding hydrogens is 1080 g/mol. The Morgan fingerprint density at radius 3 is 1.34 bits per heavy atom. The maximum Gasteiger partial charge on any atom is 0.349 e. The fourth-order valence-corrected chi connectivity index (χ4v) is 11.7. The molecule has 0 amide bonds. The zero-order valence-corrected chi connectivity index (χ0v) is 55.4. The predicted molar refractivity (Wildman–Crippen MR) is 363 cm³/mol. The molecule has 0 unspecified atom stereocenters. The minimum Gasteiger partial charge on any atom is -0.244 e. The molecule has 0 saturated heterocycles. The van der Waals surface area contributed by atoms with E-state index in [-0.39, 0.29) is 0 Å². The molecule has 12 aromatic rings. The number of pyridine rings is 2. The molecule has 12 rings (SSSR count). The van der Waals surface area contributed by atoms with Crippen molar-refractivity contribution >= 4 is 44.4 Å². The fraction of sp³-hybridized carbons (Fsp3) is 0.308. The summed E-state index contributed by atoms with van der Waals surface area (Å²) in [5.41, 5.74) is 30.4. The van der Waals surface area contributed by atoms with Gasteiger partial charge in [0, 0.05) is 35.6 Å². The number of fused-ring (bicyclic) bond motifs is 4. The number of rotatable bonds is 10. The Hall–Kier alpha value is -9.02. The number of aryl methyl sites for hydroxylation is 9. The molecule has 0 atom stereocenters. The molecule has 448 valence electrons. The van der Waals surface area contributed by atoms with E-state index in [4.69, 9.17) is 19.9 Å². The third-order valence-electron chi connectivity index (χ3n) is 16.8. The van der Waals surface area contributed by atoms with Crippen LogP contribution >= 0.6 is 0 Å². The number of aromatic nitrogens is 10. The van der Waals surface area contributed by atoms with Crippen molar-refractivity contribution < 1.29 is 18.3 Å². The quantitative estimate of drug-likeness (QED) is 0.127. The fourth-order valence-electron chi connectivity index (χ4n) is 11.7. The summed E-state index contributed by atoms with van der Waals surface area (Å²) in [6.45, 7) is 30.6. The summed E-state index contributed by atoms with van der Waals surface area (Å²) in [4.78, 5) is 28.4. The Morgan fingerprint density at radius 1 is 0.375 bits per heavy atom. The van der Waals surface area contributed by atoms with E-state index in [2.05, 4.69) is 299 Å². The summed E-state index contributed by atoms with van der Waals surface area (Å²) in [6, 6.07) is 51.0. The summed E-state index contributed by atoms with van der Waals surface area (Å²) in [6.07, 6.45) is 9.96. The topological polar surface area (TPSA) is 92.9 Å². The van der Waals surface area contributed by atoms with Crippen LogP contribution in [0.25, 0.3) is 89.4 Å². The highest BCUT2D eigenvalue weighted by atomic mass is 15.1. The van der Waals surface area contributed by atoms with Crippen molar-refractivity contribution in [3.8, 4) is 45.0 Å². The average molecular weight is 1170 g/mol. The Bertz CT molecular complexity index is 4420. The van der Waals surface area contributed by atoms with Gasteiger partial charge in [0.2, 0.25) is 22.4 Å². The van der Waals surface area contributed by atoms with Gasteiger partial charge in [-0.25, -0.2) is 29.1 Å². The molecule has 0 aliphatic rings. The van der Waals surface area contributed by atoms with Crippen LogP contribution in [-0.2, 0) is 41.0 Å². The van der Waals surface area contributed by atoms with Crippen LogP contribution in [0.5, 0.6) is 0 Å². The summed E-state index contributed by atoms with van der Waals surface area (Å²) in [5, 5.41) is 0. The molecular formula is C78H90N10+4. The molecule has 0 aliphatic heterocycles. The third-order valence-corrected chi connectivity index (χ3v) is 16.8. The van der Waals surface area contributed by atoms with E-state index in [9.17, 15) is 0 Å². The van der Waals surface area contributed by atoms with Gasteiger partial charge in [-0.2, -0.15) is 9.13 Å². The Labute approximate surface area is 522 Å². The maximum absolute atomic E-state index is 4.83. The van der Waals surface area contributed by atoms with Gasteiger partial charge in [-0.1, -0.05) is 158 Å². The van der Waals surface area contributed by atoms with Crippen LogP contribution in [0.1, 0.15) is 123 Å². The highest BCUT2D eigenvalue weighted by molar-refractivity contribution is 5.79. The number of para-hydroxylation sites is 2. The van der Waals surface area contributed by atoms with Crippen molar-refractivity contribution in [3.63, 3.8) is 0 Å². The van der Waals surface area contributed by atoms with E-state index in [0.717, 1.165) is 74.7 Å². The predicted octanol–water partition coefficient (Wildman–Crippen LogP) is 16.2. The van der Waals surface area contributed by atoms with E-state index in [1.807, 2.05) is 24.8 Å². The van der Waals surface area contributed by atoms with Crippen LogP contribution < -0.4 is 18.3 Å². The molecule has 6 heterocycles. The monoisotopic (exact) mass is 1170 g/mol. The summed E-state index contributed by atoms with van der Waals surface area (Å²) >= 11 is 0. The first-order valence-corrected chi connectivity index (χ1v) is 31.2. The van der Waals surface area contributed by atoms with E-state index in [0.29, 0.717) is 23.7 Å². The van der Waals surface area contributed by atoms with Crippen molar-refractivity contribution in [1.82, 2.24) is 29.9 Å². The van der Waals surface area contributed by atoms with Crippen molar-refractivity contribution in [3.05, 3.63) is 226 Å². The van der Waals surface area contributed by atoms with Gasteiger partial charge in [-0.05, 0) is 151 Å². The van der Waals surface area contributed by atoms with Crippen molar-refractivity contribution in [2.75, 3.05) is 0 Å². The summed E-state index contributed by atoms with van der Waals surface area (Å²) in [7, 11) is 8.40. The van der Waals surface area contributed by atoms with Gasteiger partial charge in [-0.3, -0.25) is 0 Å². The lowest BCUT2D eigenvalue weighted by Crippen LogP contribution is -2.34. The summed E-state index contributed by atoms with van der Waals surface area (Å²) in [5.74, 6) is 2.12. The van der Waals surface area contributed by atoms with Gasteiger partial charge in [-0.15, -0.1) is 0 Å². The number of nitrogens with zero attached hydrogens (tertiary/aromatic N) is 10. The van der Waals surface area contributed by atoms with Gasteiger partial charge in [0.15, 0.2) is 33.8 Å². The second kappa shape index (κ2) is 27.8. The van der Waals surface area contributed by atoms with Crippen molar-refractivity contribution in [1.29, 1.82) is 0 Å². The van der Waals surface area contributed by atoms with E-state index in [1.165, 1.54) is 83.5 Å². The highest BCUT2D eigenvalue weighted by Gasteiger charge is 2.23. The van der Waals surface area contributed by atoms with Gasteiger partial charge in [0.1, 0.15) is 37.5 Å². The number of benzene rings is 6. The van der Waals surface area contributed by atoms with E-state index < -0.39 is 0 Å².